The largest absolute Gasteiger partial charge is 0.376 e. The molecule has 1 saturated heterocycles. The van der Waals surface area contributed by atoms with Crippen molar-refractivity contribution in [1.29, 1.82) is 0 Å². The predicted molar refractivity (Wildman–Crippen MR) is 149 cm³/mol. The van der Waals surface area contributed by atoms with E-state index in [4.69, 9.17) is 9.72 Å². The molecule has 2 aromatic carbocycles. The SMILES string of the molecule is Cc1cc(C(=O)CSc2nc3ccccc3c(=O)n2-c2ccccc2C(C)C)c(C)n1C[C@H]1CCCO1. The summed E-state index contributed by atoms with van der Waals surface area (Å²) in [6.07, 6.45) is 2.35. The number of thioether (sulfide) groups is 1. The number of nitrogens with zero attached hydrogens (tertiary/aromatic N) is 3. The van der Waals surface area contributed by atoms with Gasteiger partial charge in [-0.25, -0.2) is 4.98 Å². The minimum atomic E-state index is -0.122. The fourth-order valence-electron chi connectivity index (χ4n) is 5.17. The van der Waals surface area contributed by atoms with E-state index < -0.39 is 0 Å². The first-order valence-corrected chi connectivity index (χ1v) is 13.9. The molecule has 4 aromatic rings. The molecule has 0 N–H and O–H groups in total. The summed E-state index contributed by atoms with van der Waals surface area (Å²) >= 11 is 1.32. The van der Waals surface area contributed by atoms with Crippen molar-refractivity contribution in [3.05, 3.63) is 87.5 Å². The minimum absolute atomic E-state index is 0.0304. The molecule has 192 valence electrons. The monoisotopic (exact) mass is 515 g/mol. The third-order valence-electron chi connectivity index (χ3n) is 7.16. The Hall–Kier alpha value is -3.16. The van der Waals surface area contributed by atoms with Crippen LogP contribution >= 0.6 is 11.8 Å². The van der Waals surface area contributed by atoms with Crippen molar-refractivity contribution in [2.75, 3.05) is 12.4 Å². The van der Waals surface area contributed by atoms with E-state index in [-0.39, 0.29) is 29.1 Å². The van der Waals surface area contributed by atoms with E-state index >= 15 is 0 Å². The van der Waals surface area contributed by atoms with Crippen molar-refractivity contribution in [1.82, 2.24) is 14.1 Å². The Kier molecular flexibility index (Phi) is 7.36. The third-order valence-corrected chi connectivity index (χ3v) is 8.10. The van der Waals surface area contributed by atoms with Crippen LogP contribution in [0.5, 0.6) is 0 Å². The molecule has 1 aliphatic heterocycles. The fourth-order valence-corrected chi connectivity index (χ4v) is 6.05. The first-order valence-electron chi connectivity index (χ1n) is 12.9. The number of carbonyl (C=O) groups excluding carboxylic acids is 1. The van der Waals surface area contributed by atoms with Crippen LogP contribution in [0.15, 0.2) is 64.5 Å². The van der Waals surface area contributed by atoms with Gasteiger partial charge in [0.1, 0.15) is 0 Å². The lowest BCUT2D eigenvalue weighted by Crippen LogP contribution is -2.23. The zero-order valence-corrected chi connectivity index (χ0v) is 22.7. The summed E-state index contributed by atoms with van der Waals surface area (Å²) < 4.78 is 9.69. The lowest BCUT2D eigenvalue weighted by molar-refractivity contribution is 0.0957. The zero-order chi connectivity index (χ0) is 26.1. The number of aromatic nitrogens is 3. The van der Waals surface area contributed by atoms with Gasteiger partial charge < -0.3 is 9.30 Å². The molecule has 1 fully saturated rings. The summed E-state index contributed by atoms with van der Waals surface area (Å²) in [5.41, 5.74) is 5.14. The van der Waals surface area contributed by atoms with Crippen LogP contribution in [0.4, 0.5) is 0 Å². The first-order chi connectivity index (χ1) is 17.8. The van der Waals surface area contributed by atoms with Crippen LogP contribution in [-0.2, 0) is 11.3 Å². The maximum absolute atomic E-state index is 13.7. The Balaban J connectivity index is 1.49. The van der Waals surface area contributed by atoms with Crippen molar-refractivity contribution in [2.24, 2.45) is 0 Å². The first kappa shape index (κ1) is 25.5. The molecule has 0 radical (unpaired) electrons. The predicted octanol–water partition coefficient (Wildman–Crippen LogP) is 6.08. The molecule has 0 aliphatic carbocycles. The van der Waals surface area contributed by atoms with Gasteiger partial charge in [0.05, 0.1) is 28.4 Å². The molecule has 5 rings (SSSR count). The molecule has 6 nitrogen and oxygen atoms in total. The van der Waals surface area contributed by atoms with Crippen molar-refractivity contribution in [2.45, 2.75) is 64.3 Å². The van der Waals surface area contributed by atoms with E-state index in [1.54, 1.807) is 4.57 Å². The molecule has 0 spiro atoms. The average molecular weight is 516 g/mol. The van der Waals surface area contributed by atoms with Crippen LogP contribution in [0.25, 0.3) is 16.6 Å². The van der Waals surface area contributed by atoms with Gasteiger partial charge in [0, 0.05) is 30.1 Å². The lowest BCUT2D eigenvalue weighted by atomic mass is 10.0. The molecule has 0 bridgehead atoms. The maximum Gasteiger partial charge on any atom is 0.266 e. The lowest BCUT2D eigenvalue weighted by Gasteiger charge is -2.18. The van der Waals surface area contributed by atoms with Crippen LogP contribution in [0.2, 0.25) is 0 Å². The van der Waals surface area contributed by atoms with Crippen molar-refractivity contribution in [3.8, 4) is 5.69 Å². The van der Waals surface area contributed by atoms with E-state index in [1.165, 1.54) is 11.8 Å². The Morgan fingerprint density at radius 2 is 1.89 bits per heavy atom. The van der Waals surface area contributed by atoms with Crippen LogP contribution in [0.3, 0.4) is 0 Å². The number of ketones is 1. The van der Waals surface area contributed by atoms with E-state index in [2.05, 4.69) is 18.4 Å². The van der Waals surface area contributed by atoms with Gasteiger partial charge in [0.15, 0.2) is 10.9 Å². The Bertz CT molecular complexity index is 1510. The molecular formula is C30H33N3O3S. The molecule has 7 heteroatoms. The van der Waals surface area contributed by atoms with Crippen molar-refractivity contribution in [3.63, 3.8) is 0 Å². The second kappa shape index (κ2) is 10.7. The highest BCUT2D eigenvalue weighted by Gasteiger charge is 2.23. The number of carbonyl (C=O) groups is 1. The van der Waals surface area contributed by atoms with Gasteiger partial charge in [-0.1, -0.05) is 55.9 Å². The van der Waals surface area contributed by atoms with E-state index in [9.17, 15) is 9.59 Å². The van der Waals surface area contributed by atoms with Gasteiger partial charge in [-0.2, -0.15) is 0 Å². The molecule has 1 aliphatic rings. The number of Topliss-reactive ketones (excluding diaryl/α,β-unsaturated/α-hetero) is 1. The average Bonchev–Trinajstić information content (AvgIpc) is 3.51. The summed E-state index contributed by atoms with van der Waals surface area (Å²) in [6, 6.07) is 17.3. The van der Waals surface area contributed by atoms with Gasteiger partial charge in [0.25, 0.3) is 5.56 Å². The smallest absolute Gasteiger partial charge is 0.266 e. The molecular weight excluding hydrogens is 482 g/mol. The Labute approximate surface area is 221 Å². The van der Waals surface area contributed by atoms with Gasteiger partial charge in [-0.05, 0) is 62.4 Å². The van der Waals surface area contributed by atoms with Crippen LogP contribution in [0, 0.1) is 13.8 Å². The Morgan fingerprint density at radius 1 is 1.14 bits per heavy atom. The van der Waals surface area contributed by atoms with Gasteiger partial charge in [-0.15, -0.1) is 0 Å². The summed E-state index contributed by atoms with van der Waals surface area (Å²) in [5, 5.41) is 1.09. The normalized spacial score (nSPS) is 15.6. The number of hydrogen-bond donors (Lipinski definition) is 0. The highest BCUT2D eigenvalue weighted by atomic mass is 32.2. The minimum Gasteiger partial charge on any atom is -0.376 e. The Morgan fingerprint density at radius 3 is 2.65 bits per heavy atom. The standard InChI is InChI=1S/C30H33N3O3S/c1-19(2)23-11-6-8-14-27(23)33-29(35)24-12-5-7-13-26(24)31-30(33)37-18-28(34)25-16-20(3)32(21(25)4)17-22-10-9-15-36-22/h5-8,11-14,16,19,22H,9-10,15,17-18H2,1-4H3/t22-/m1/s1. The number of aryl methyl sites for hydroxylation is 1. The second-order valence-electron chi connectivity index (χ2n) is 10.0. The summed E-state index contributed by atoms with van der Waals surface area (Å²) in [7, 11) is 0. The number of hydrogen-bond acceptors (Lipinski definition) is 5. The highest BCUT2D eigenvalue weighted by molar-refractivity contribution is 7.99. The maximum atomic E-state index is 13.7. The van der Waals surface area contributed by atoms with Crippen molar-refractivity contribution < 1.29 is 9.53 Å². The topological polar surface area (TPSA) is 66.1 Å². The number of benzene rings is 2. The zero-order valence-electron chi connectivity index (χ0n) is 21.9. The second-order valence-corrected chi connectivity index (χ2v) is 11.0. The molecule has 1 atom stereocenters. The molecule has 0 unspecified atom stereocenters. The number of fused-ring (bicyclic) bond motifs is 1. The van der Waals surface area contributed by atoms with E-state index in [0.29, 0.717) is 16.1 Å². The van der Waals surface area contributed by atoms with Crippen LogP contribution < -0.4 is 5.56 Å². The number of para-hydroxylation sites is 2. The highest BCUT2D eigenvalue weighted by Crippen LogP contribution is 2.28. The molecule has 0 amide bonds. The quantitative estimate of drug-likeness (QED) is 0.162. The number of rotatable bonds is 8. The number of ether oxygens (including phenoxy) is 1. The van der Waals surface area contributed by atoms with Crippen molar-refractivity contribution >= 4 is 28.4 Å². The summed E-state index contributed by atoms with van der Waals surface area (Å²) in [4.78, 5) is 32.0. The third kappa shape index (κ3) is 5.03. The fraction of sp³-hybridized carbons (Fsp3) is 0.367. The van der Waals surface area contributed by atoms with Gasteiger partial charge in [-0.3, -0.25) is 14.2 Å². The molecule has 3 heterocycles. The van der Waals surface area contributed by atoms with Gasteiger partial charge >= 0.3 is 0 Å². The molecule has 2 aromatic heterocycles. The molecule has 0 saturated carbocycles. The van der Waals surface area contributed by atoms with E-state index in [0.717, 1.165) is 54.2 Å². The van der Waals surface area contributed by atoms with Crippen LogP contribution in [0.1, 0.15) is 59.9 Å². The summed E-state index contributed by atoms with van der Waals surface area (Å²) in [5.74, 6) is 0.449. The van der Waals surface area contributed by atoms with Crippen LogP contribution in [-0.4, -0.2) is 38.4 Å². The van der Waals surface area contributed by atoms with Gasteiger partial charge in [0.2, 0.25) is 0 Å². The van der Waals surface area contributed by atoms with E-state index in [1.807, 2.05) is 68.4 Å². The molecule has 37 heavy (non-hydrogen) atoms. The summed E-state index contributed by atoms with van der Waals surface area (Å²) in [6.45, 7) is 9.85.